The molecule has 1 aliphatic carbocycles. The fourth-order valence-electron chi connectivity index (χ4n) is 3.10. The first-order chi connectivity index (χ1) is 12.8. The van der Waals surface area contributed by atoms with Crippen LogP contribution in [0.1, 0.15) is 47.2 Å². The van der Waals surface area contributed by atoms with Crippen LogP contribution in [0, 0.1) is 0 Å². The molecule has 7 heteroatoms. The summed E-state index contributed by atoms with van der Waals surface area (Å²) >= 11 is 5.89. The fourth-order valence-corrected chi connectivity index (χ4v) is 3.33. The van der Waals surface area contributed by atoms with E-state index in [0.29, 0.717) is 5.56 Å². The van der Waals surface area contributed by atoms with E-state index < -0.39 is 11.7 Å². The van der Waals surface area contributed by atoms with Gasteiger partial charge in [-0.15, -0.1) is 0 Å². The predicted molar refractivity (Wildman–Crippen MR) is 97.0 cm³/mol. The molecule has 1 N–H and O–H groups in total. The Kier molecular flexibility index (Phi) is 5.95. The molecule has 144 valence electrons. The van der Waals surface area contributed by atoms with E-state index in [1.54, 1.807) is 24.3 Å². The number of carbonyl (C=O) groups is 1. The number of halogens is 4. The van der Waals surface area contributed by atoms with Crippen molar-refractivity contribution in [1.29, 1.82) is 0 Å². The summed E-state index contributed by atoms with van der Waals surface area (Å²) in [5.74, 6) is 0.0294. The molecule has 0 bridgehead atoms. The third-order valence-electron chi connectivity index (χ3n) is 4.53. The minimum absolute atomic E-state index is 0.0929. The number of ether oxygens (including phenoxy) is 1. The average Bonchev–Trinajstić information content (AvgIpc) is 3.13. The second kappa shape index (κ2) is 8.21. The normalized spacial score (nSPS) is 15.0. The van der Waals surface area contributed by atoms with E-state index in [9.17, 15) is 18.0 Å². The summed E-state index contributed by atoms with van der Waals surface area (Å²) in [5.41, 5.74) is 0.428. The second-order valence-corrected chi connectivity index (χ2v) is 6.99. The number of hydrogen-bond acceptors (Lipinski definition) is 2. The molecule has 1 aliphatic rings. The van der Waals surface area contributed by atoms with Gasteiger partial charge in [-0.25, -0.2) is 0 Å². The van der Waals surface area contributed by atoms with Crippen LogP contribution in [-0.4, -0.2) is 11.9 Å². The zero-order valence-corrected chi connectivity index (χ0v) is 15.2. The molecule has 0 saturated heterocycles. The number of carbonyl (C=O) groups excluding carboxylic acids is 1. The van der Waals surface area contributed by atoms with Gasteiger partial charge in [0, 0.05) is 11.6 Å². The largest absolute Gasteiger partial charge is 0.487 e. The Bertz CT molecular complexity index is 817. The topological polar surface area (TPSA) is 38.3 Å². The van der Waals surface area contributed by atoms with Gasteiger partial charge in [-0.2, -0.15) is 13.2 Å². The molecule has 3 nitrogen and oxygen atoms in total. The molecule has 0 aromatic heterocycles. The molecule has 3 rings (SSSR count). The van der Waals surface area contributed by atoms with Crippen molar-refractivity contribution in [2.24, 2.45) is 0 Å². The SMILES string of the molecule is O=C(NC1CCCC1)c1cccc(COc2ccc(C(F)(F)F)cc2Cl)c1. The number of nitrogens with one attached hydrogen (secondary N) is 1. The van der Waals surface area contributed by atoms with Crippen molar-refractivity contribution in [1.82, 2.24) is 5.32 Å². The first-order valence-electron chi connectivity index (χ1n) is 8.72. The summed E-state index contributed by atoms with van der Waals surface area (Å²) in [4.78, 5) is 12.3. The van der Waals surface area contributed by atoms with Crippen LogP contribution < -0.4 is 10.1 Å². The van der Waals surface area contributed by atoms with E-state index in [2.05, 4.69) is 5.32 Å². The Balaban J connectivity index is 1.64. The first-order valence-corrected chi connectivity index (χ1v) is 9.10. The van der Waals surface area contributed by atoms with Gasteiger partial charge in [-0.3, -0.25) is 4.79 Å². The average molecular weight is 398 g/mol. The molecule has 2 aromatic carbocycles. The van der Waals surface area contributed by atoms with Crippen LogP contribution >= 0.6 is 11.6 Å². The van der Waals surface area contributed by atoms with Crippen LogP contribution in [0.15, 0.2) is 42.5 Å². The van der Waals surface area contributed by atoms with Crippen molar-refractivity contribution in [2.75, 3.05) is 0 Å². The van der Waals surface area contributed by atoms with Crippen molar-refractivity contribution in [3.63, 3.8) is 0 Å². The number of alkyl halides is 3. The molecular formula is C20H19ClF3NO2. The van der Waals surface area contributed by atoms with Gasteiger partial charge in [0.05, 0.1) is 10.6 Å². The first kappa shape index (κ1) is 19.5. The molecule has 1 fully saturated rings. The highest BCUT2D eigenvalue weighted by Crippen LogP contribution is 2.35. The van der Waals surface area contributed by atoms with E-state index in [0.717, 1.165) is 43.4 Å². The number of hydrogen-bond donors (Lipinski definition) is 1. The zero-order valence-electron chi connectivity index (χ0n) is 14.5. The van der Waals surface area contributed by atoms with Crippen LogP contribution in [0.3, 0.4) is 0 Å². The Labute approximate surface area is 160 Å². The molecule has 27 heavy (non-hydrogen) atoms. The van der Waals surface area contributed by atoms with Crippen LogP contribution in [-0.2, 0) is 12.8 Å². The Hall–Kier alpha value is -2.21. The van der Waals surface area contributed by atoms with Crippen molar-refractivity contribution in [3.8, 4) is 5.75 Å². The van der Waals surface area contributed by atoms with Gasteiger partial charge in [-0.05, 0) is 48.7 Å². The molecule has 0 heterocycles. The van der Waals surface area contributed by atoms with E-state index in [1.807, 2.05) is 0 Å². The standard InChI is InChI=1S/C20H19ClF3NO2/c21-17-11-15(20(22,23)24)8-9-18(17)27-12-13-4-3-5-14(10-13)19(26)25-16-6-1-2-7-16/h3-5,8-11,16H,1-2,6-7,12H2,(H,25,26). The van der Waals surface area contributed by atoms with E-state index in [1.165, 1.54) is 6.07 Å². The Morgan fingerprint density at radius 1 is 1.15 bits per heavy atom. The maximum absolute atomic E-state index is 12.7. The van der Waals surface area contributed by atoms with Crippen molar-refractivity contribution < 1.29 is 22.7 Å². The highest BCUT2D eigenvalue weighted by molar-refractivity contribution is 6.32. The molecule has 0 aliphatic heterocycles. The lowest BCUT2D eigenvalue weighted by atomic mass is 10.1. The highest BCUT2D eigenvalue weighted by atomic mass is 35.5. The third-order valence-corrected chi connectivity index (χ3v) is 4.83. The molecule has 1 amide bonds. The van der Waals surface area contributed by atoms with E-state index in [-0.39, 0.29) is 29.3 Å². The maximum atomic E-state index is 12.7. The van der Waals surface area contributed by atoms with Crippen LogP contribution in [0.25, 0.3) is 0 Å². The molecular weight excluding hydrogens is 379 g/mol. The van der Waals surface area contributed by atoms with Crippen molar-refractivity contribution in [3.05, 3.63) is 64.2 Å². The predicted octanol–water partition coefficient (Wildman–Crippen LogP) is 5.61. The third kappa shape index (κ3) is 5.16. The molecule has 1 saturated carbocycles. The van der Waals surface area contributed by atoms with Gasteiger partial charge < -0.3 is 10.1 Å². The number of rotatable bonds is 5. The summed E-state index contributed by atoms with van der Waals surface area (Å²) < 4.78 is 43.6. The summed E-state index contributed by atoms with van der Waals surface area (Å²) in [6, 6.07) is 10.1. The maximum Gasteiger partial charge on any atom is 0.416 e. The molecule has 0 radical (unpaired) electrons. The van der Waals surface area contributed by atoms with Gasteiger partial charge in [-0.1, -0.05) is 36.6 Å². The van der Waals surface area contributed by atoms with Gasteiger partial charge in [0.1, 0.15) is 12.4 Å². The minimum atomic E-state index is -4.46. The molecule has 2 aromatic rings. The van der Waals surface area contributed by atoms with Crippen LogP contribution in [0.4, 0.5) is 13.2 Å². The highest BCUT2D eigenvalue weighted by Gasteiger charge is 2.31. The lowest BCUT2D eigenvalue weighted by Gasteiger charge is -2.13. The van der Waals surface area contributed by atoms with E-state index in [4.69, 9.17) is 16.3 Å². The zero-order chi connectivity index (χ0) is 19.4. The lowest BCUT2D eigenvalue weighted by Crippen LogP contribution is -2.32. The Morgan fingerprint density at radius 2 is 1.89 bits per heavy atom. The smallest absolute Gasteiger partial charge is 0.416 e. The van der Waals surface area contributed by atoms with Crippen LogP contribution in [0.2, 0.25) is 5.02 Å². The summed E-state index contributed by atoms with van der Waals surface area (Å²) in [7, 11) is 0. The summed E-state index contributed by atoms with van der Waals surface area (Å²) in [5, 5.41) is 2.91. The summed E-state index contributed by atoms with van der Waals surface area (Å²) in [6.45, 7) is 0.0929. The second-order valence-electron chi connectivity index (χ2n) is 6.59. The quantitative estimate of drug-likeness (QED) is 0.712. The molecule has 0 atom stereocenters. The monoisotopic (exact) mass is 397 g/mol. The van der Waals surface area contributed by atoms with Crippen LogP contribution in [0.5, 0.6) is 5.75 Å². The van der Waals surface area contributed by atoms with Crippen molar-refractivity contribution in [2.45, 2.75) is 44.5 Å². The van der Waals surface area contributed by atoms with Gasteiger partial charge in [0.2, 0.25) is 0 Å². The fraction of sp³-hybridized carbons (Fsp3) is 0.350. The molecule has 0 unspecified atom stereocenters. The van der Waals surface area contributed by atoms with Gasteiger partial charge in [0.15, 0.2) is 0 Å². The minimum Gasteiger partial charge on any atom is -0.487 e. The Morgan fingerprint density at radius 3 is 2.56 bits per heavy atom. The number of benzene rings is 2. The summed E-state index contributed by atoms with van der Waals surface area (Å²) in [6.07, 6.45) is -0.190. The number of amides is 1. The van der Waals surface area contributed by atoms with Gasteiger partial charge >= 0.3 is 6.18 Å². The lowest BCUT2D eigenvalue weighted by molar-refractivity contribution is -0.137. The molecule has 0 spiro atoms. The van der Waals surface area contributed by atoms with E-state index >= 15 is 0 Å². The van der Waals surface area contributed by atoms with Gasteiger partial charge in [0.25, 0.3) is 5.91 Å². The van der Waals surface area contributed by atoms with Crippen molar-refractivity contribution >= 4 is 17.5 Å².